The first kappa shape index (κ1) is 14.2. The van der Waals surface area contributed by atoms with Crippen molar-refractivity contribution in [3.63, 3.8) is 0 Å². The fourth-order valence-electron chi connectivity index (χ4n) is 2.91. The Hall–Kier alpha value is -2.41. The van der Waals surface area contributed by atoms with Gasteiger partial charge in [0.05, 0.1) is 5.71 Å². The fraction of sp³-hybridized carbons (Fsp3) is 0.438. The summed E-state index contributed by atoms with van der Waals surface area (Å²) in [5.41, 5.74) is 5.99. The van der Waals surface area contributed by atoms with Crippen LogP contribution in [0.15, 0.2) is 27.7 Å². The lowest BCUT2D eigenvalue weighted by Crippen LogP contribution is -2.44. The molecule has 0 spiro atoms. The van der Waals surface area contributed by atoms with Gasteiger partial charge in [0.15, 0.2) is 5.58 Å². The number of oxazole rings is 1. The molecule has 0 bridgehead atoms. The lowest BCUT2D eigenvalue weighted by molar-refractivity contribution is -0.121. The molecule has 2 aliphatic heterocycles. The number of anilines is 1. The maximum absolute atomic E-state index is 11.2. The second kappa shape index (κ2) is 5.66. The number of piperazine rings is 1. The van der Waals surface area contributed by atoms with E-state index in [4.69, 9.17) is 4.42 Å². The second-order valence-electron chi connectivity index (χ2n) is 6.06. The van der Waals surface area contributed by atoms with Gasteiger partial charge in [-0.05, 0) is 19.2 Å². The molecule has 0 atom stereocenters. The van der Waals surface area contributed by atoms with E-state index in [1.807, 2.05) is 18.2 Å². The molecule has 2 aliphatic rings. The van der Waals surface area contributed by atoms with Crippen LogP contribution in [0.4, 0.5) is 6.01 Å². The van der Waals surface area contributed by atoms with Crippen molar-refractivity contribution in [3.8, 4) is 0 Å². The Bertz CT molecular complexity index is 774. The number of rotatable bonds is 2. The average Bonchev–Trinajstić information content (AvgIpc) is 2.99. The third kappa shape index (κ3) is 2.79. The highest BCUT2D eigenvalue weighted by Gasteiger charge is 2.20. The molecular formula is C16H19N5O2. The second-order valence-corrected chi connectivity index (χ2v) is 6.06. The van der Waals surface area contributed by atoms with Gasteiger partial charge in [-0.3, -0.25) is 4.79 Å². The van der Waals surface area contributed by atoms with Crippen LogP contribution >= 0.6 is 0 Å². The van der Waals surface area contributed by atoms with E-state index in [1.54, 1.807) is 0 Å². The van der Waals surface area contributed by atoms with E-state index in [9.17, 15) is 4.79 Å². The Morgan fingerprint density at radius 3 is 2.74 bits per heavy atom. The highest BCUT2D eigenvalue weighted by atomic mass is 16.4. The predicted molar refractivity (Wildman–Crippen MR) is 87.6 cm³/mol. The number of carbonyl (C=O) groups is 1. The summed E-state index contributed by atoms with van der Waals surface area (Å²) in [5.74, 6) is -0.0353. The summed E-state index contributed by atoms with van der Waals surface area (Å²) in [7, 11) is 2.12. The number of nitrogens with zero attached hydrogens (tertiary/aromatic N) is 4. The molecule has 0 radical (unpaired) electrons. The Labute approximate surface area is 133 Å². The van der Waals surface area contributed by atoms with Gasteiger partial charge < -0.3 is 14.2 Å². The Morgan fingerprint density at radius 1 is 1.17 bits per heavy atom. The zero-order valence-electron chi connectivity index (χ0n) is 13.1. The Morgan fingerprint density at radius 2 is 2.00 bits per heavy atom. The summed E-state index contributed by atoms with van der Waals surface area (Å²) >= 11 is 0. The lowest BCUT2D eigenvalue weighted by Gasteiger charge is -2.31. The monoisotopic (exact) mass is 313 g/mol. The van der Waals surface area contributed by atoms with E-state index in [-0.39, 0.29) is 5.91 Å². The number of hydrogen-bond acceptors (Lipinski definition) is 6. The topological polar surface area (TPSA) is 74.0 Å². The summed E-state index contributed by atoms with van der Waals surface area (Å²) in [6, 6.07) is 6.57. The zero-order valence-corrected chi connectivity index (χ0v) is 13.1. The molecule has 1 fully saturated rings. The summed E-state index contributed by atoms with van der Waals surface area (Å²) in [6.07, 6.45) is 1.12. The molecular weight excluding hydrogens is 294 g/mol. The number of nitrogens with one attached hydrogen (secondary N) is 1. The van der Waals surface area contributed by atoms with E-state index in [0.29, 0.717) is 18.9 Å². The minimum atomic E-state index is -0.0353. The molecule has 0 aliphatic carbocycles. The van der Waals surface area contributed by atoms with Gasteiger partial charge in [-0.1, -0.05) is 6.07 Å². The highest BCUT2D eigenvalue weighted by Crippen LogP contribution is 2.24. The minimum Gasteiger partial charge on any atom is -0.423 e. The number of aromatic nitrogens is 1. The van der Waals surface area contributed by atoms with Gasteiger partial charge in [0.1, 0.15) is 5.52 Å². The van der Waals surface area contributed by atoms with Gasteiger partial charge >= 0.3 is 0 Å². The fourth-order valence-corrected chi connectivity index (χ4v) is 2.91. The summed E-state index contributed by atoms with van der Waals surface area (Å²) in [4.78, 5) is 20.3. The molecule has 0 saturated carbocycles. The molecule has 1 N–H and O–H groups in total. The normalized spacial score (nSPS) is 19.8. The first-order valence-corrected chi connectivity index (χ1v) is 7.89. The molecule has 1 aromatic heterocycles. The van der Waals surface area contributed by atoms with Crippen LogP contribution in [0, 0.1) is 0 Å². The first-order chi connectivity index (χ1) is 11.2. The molecule has 120 valence electrons. The van der Waals surface area contributed by atoms with Gasteiger partial charge in [0, 0.05) is 44.6 Å². The Kier molecular flexibility index (Phi) is 3.49. The van der Waals surface area contributed by atoms with Crippen LogP contribution in [0.5, 0.6) is 0 Å². The lowest BCUT2D eigenvalue weighted by atomic mass is 10.0. The number of benzene rings is 1. The van der Waals surface area contributed by atoms with Crippen LogP contribution in [0.2, 0.25) is 0 Å². The van der Waals surface area contributed by atoms with Crippen LogP contribution in [-0.4, -0.2) is 54.7 Å². The van der Waals surface area contributed by atoms with Gasteiger partial charge in [-0.2, -0.15) is 10.1 Å². The summed E-state index contributed by atoms with van der Waals surface area (Å²) < 4.78 is 5.95. The predicted octanol–water partition coefficient (Wildman–Crippen LogP) is 1.19. The maximum atomic E-state index is 11.2. The van der Waals surface area contributed by atoms with Crippen LogP contribution in [0.25, 0.3) is 11.1 Å². The smallest absolute Gasteiger partial charge is 0.298 e. The van der Waals surface area contributed by atoms with Crippen molar-refractivity contribution < 1.29 is 9.21 Å². The van der Waals surface area contributed by atoms with Gasteiger partial charge in [-0.15, -0.1) is 0 Å². The van der Waals surface area contributed by atoms with Crippen molar-refractivity contribution in [1.29, 1.82) is 0 Å². The van der Waals surface area contributed by atoms with E-state index in [0.717, 1.165) is 48.6 Å². The summed E-state index contributed by atoms with van der Waals surface area (Å²) in [5, 5.41) is 4.13. The van der Waals surface area contributed by atoms with Crippen LogP contribution in [0.1, 0.15) is 18.4 Å². The van der Waals surface area contributed by atoms with E-state index < -0.39 is 0 Å². The minimum absolute atomic E-state index is 0.0353. The van der Waals surface area contributed by atoms with Crippen LogP contribution < -0.4 is 10.3 Å². The van der Waals surface area contributed by atoms with Crippen LogP contribution in [0.3, 0.4) is 0 Å². The van der Waals surface area contributed by atoms with Crippen LogP contribution in [-0.2, 0) is 4.79 Å². The quantitative estimate of drug-likeness (QED) is 0.901. The molecule has 23 heavy (non-hydrogen) atoms. The number of fused-ring (bicyclic) bond motifs is 1. The molecule has 2 aromatic rings. The molecule has 7 heteroatoms. The maximum Gasteiger partial charge on any atom is 0.298 e. The van der Waals surface area contributed by atoms with Gasteiger partial charge in [0.25, 0.3) is 6.01 Å². The number of hydrogen-bond donors (Lipinski definition) is 1. The van der Waals surface area contributed by atoms with Crippen molar-refractivity contribution in [3.05, 3.63) is 23.8 Å². The van der Waals surface area contributed by atoms with Gasteiger partial charge in [-0.25, -0.2) is 5.43 Å². The van der Waals surface area contributed by atoms with Crippen molar-refractivity contribution in [1.82, 2.24) is 15.3 Å². The highest BCUT2D eigenvalue weighted by molar-refractivity contribution is 6.05. The third-order valence-corrected chi connectivity index (χ3v) is 4.39. The third-order valence-electron chi connectivity index (χ3n) is 4.39. The molecule has 1 saturated heterocycles. The molecule has 7 nitrogen and oxygen atoms in total. The molecule has 3 heterocycles. The number of likely N-dealkylation sites (N-methyl/N-ethyl adjacent to an activating group) is 1. The standard InChI is InChI=1S/C16H19N5O2/c1-20-6-8-21(9-7-20)16-17-13-3-2-11(10-14(13)23-16)12-4-5-15(22)19-18-12/h2-3,10H,4-9H2,1H3,(H,19,22). The van der Waals surface area contributed by atoms with Crippen molar-refractivity contribution >= 4 is 28.7 Å². The van der Waals surface area contributed by atoms with Gasteiger partial charge in [0.2, 0.25) is 5.91 Å². The summed E-state index contributed by atoms with van der Waals surface area (Å²) in [6.45, 7) is 3.88. The molecule has 1 aromatic carbocycles. The first-order valence-electron chi connectivity index (χ1n) is 7.89. The number of hydrazone groups is 1. The van der Waals surface area contributed by atoms with E-state index in [2.05, 4.69) is 32.4 Å². The largest absolute Gasteiger partial charge is 0.423 e. The SMILES string of the molecule is CN1CCN(c2nc3ccc(C4=NNC(=O)CC4)cc3o2)CC1. The van der Waals surface area contributed by atoms with E-state index >= 15 is 0 Å². The molecule has 0 unspecified atom stereocenters. The molecule has 1 amide bonds. The van der Waals surface area contributed by atoms with Crippen molar-refractivity contribution in [2.45, 2.75) is 12.8 Å². The van der Waals surface area contributed by atoms with Crippen molar-refractivity contribution in [2.24, 2.45) is 5.10 Å². The number of carbonyl (C=O) groups excluding carboxylic acids is 1. The zero-order chi connectivity index (χ0) is 15.8. The van der Waals surface area contributed by atoms with E-state index in [1.165, 1.54) is 0 Å². The van der Waals surface area contributed by atoms with Crippen molar-refractivity contribution in [2.75, 3.05) is 38.1 Å². The average molecular weight is 313 g/mol. The Balaban J connectivity index is 1.61. The molecule has 4 rings (SSSR count). The number of amides is 1.